The van der Waals surface area contributed by atoms with Crippen molar-refractivity contribution < 1.29 is 4.79 Å². The molecule has 0 aliphatic heterocycles. The van der Waals surface area contributed by atoms with Gasteiger partial charge in [-0.2, -0.15) is 0 Å². The smallest absolute Gasteiger partial charge is 0.282 e. The first-order valence-electron chi connectivity index (χ1n) is 6.59. The molecule has 0 atom stereocenters. The number of nitrogens with one attached hydrogen (secondary N) is 1. The van der Waals surface area contributed by atoms with Crippen molar-refractivity contribution in [3.63, 3.8) is 0 Å². The van der Waals surface area contributed by atoms with Crippen LogP contribution in [0.3, 0.4) is 0 Å². The van der Waals surface area contributed by atoms with Gasteiger partial charge in [0.15, 0.2) is 5.69 Å². The van der Waals surface area contributed by atoms with Crippen LogP contribution >= 0.6 is 11.6 Å². The topological polar surface area (TPSA) is 64.0 Å². The van der Waals surface area contributed by atoms with Gasteiger partial charge in [-0.05, 0) is 24.3 Å². The van der Waals surface area contributed by atoms with E-state index in [2.05, 4.69) is 10.3 Å². The van der Waals surface area contributed by atoms with Gasteiger partial charge in [0.25, 0.3) is 11.5 Å². The molecule has 0 bridgehead atoms. The van der Waals surface area contributed by atoms with Crippen LogP contribution in [-0.4, -0.2) is 15.5 Å². The molecule has 0 saturated heterocycles. The van der Waals surface area contributed by atoms with Crippen LogP contribution < -0.4 is 10.9 Å². The van der Waals surface area contributed by atoms with Gasteiger partial charge in [0.1, 0.15) is 0 Å². The SMILES string of the molecule is Cn1c(=O)c(C(=O)Nc2ccccc2Cl)nc2ccccc21. The highest BCUT2D eigenvalue weighted by Crippen LogP contribution is 2.20. The van der Waals surface area contributed by atoms with Crippen molar-refractivity contribution in [2.75, 3.05) is 5.32 Å². The van der Waals surface area contributed by atoms with Crippen molar-refractivity contribution in [3.8, 4) is 0 Å². The van der Waals surface area contributed by atoms with Gasteiger partial charge in [0, 0.05) is 7.05 Å². The van der Waals surface area contributed by atoms with Gasteiger partial charge in [-0.25, -0.2) is 4.98 Å². The molecule has 1 amide bonds. The number of halogens is 1. The van der Waals surface area contributed by atoms with E-state index in [1.54, 1.807) is 49.5 Å². The summed E-state index contributed by atoms with van der Waals surface area (Å²) in [4.78, 5) is 28.8. The predicted molar refractivity (Wildman–Crippen MR) is 86.4 cm³/mol. The summed E-state index contributed by atoms with van der Waals surface area (Å²) in [6.07, 6.45) is 0. The number of amides is 1. The van der Waals surface area contributed by atoms with Crippen molar-refractivity contribution in [1.29, 1.82) is 0 Å². The number of nitrogens with zero attached hydrogens (tertiary/aromatic N) is 2. The monoisotopic (exact) mass is 313 g/mol. The first-order valence-corrected chi connectivity index (χ1v) is 6.97. The largest absolute Gasteiger partial charge is 0.319 e. The van der Waals surface area contributed by atoms with E-state index in [9.17, 15) is 9.59 Å². The highest BCUT2D eigenvalue weighted by atomic mass is 35.5. The van der Waals surface area contributed by atoms with Gasteiger partial charge in [-0.3, -0.25) is 9.59 Å². The summed E-state index contributed by atoms with van der Waals surface area (Å²) in [5.41, 5.74) is 1.06. The van der Waals surface area contributed by atoms with E-state index in [-0.39, 0.29) is 5.69 Å². The van der Waals surface area contributed by atoms with Crippen molar-refractivity contribution in [2.45, 2.75) is 0 Å². The van der Waals surface area contributed by atoms with Crippen LogP contribution in [0.4, 0.5) is 5.69 Å². The Morgan fingerprint density at radius 3 is 2.59 bits per heavy atom. The molecule has 3 rings (SSSR count). The summed E-state index contributed by atoms with van der Waals surface area (Å²) in [5, 5.41) is 3.01. The van der Waals surface area contributed by atoms with Gasteiger partial charge in [-0.1, -0.05) is 35.9 Å². The minimum Gasteiger partial charge on any atom is -0.319 e. The zero-order valence-electron chi connectivity index (χ0n) is 11.7. The molecule has 5 nitrogen and oxygen atoms in total. The van der Waals surface area contributed by atoms with Crippen LogP contribution in [0.15, 0.2) is 53.3 Å². The highest BCUT2D eigenvalue weighted by molar-refractivity contribution is 6.33. The molecule has 0 aliphatic carbocycles. The molecular weight excluding hydrogens is 302 g/mol. The normalized spacial score (nSPS) is 10.6. The lowest BCUT2D eigenvalue weighted by atomic mass is 10.2. The molecular formula is C16H12ClN3O2. The minimum absolute atomic E-state index is 0.166. The molecule has 6 heteroatoms. The van der Waals surface area contributed by atoms with Crippen molar-refractivity contribution >= 4 is 34.2 Å². The fourth-order valence-electron chi connectivity index (χ4n) is 2.17. The third-order valence-corrected chi connectivity index (χ3v) is 3.65. The molecule has 0 saturated carbocycles. The molecule has 3 aromatic rings. The Hall–Kier alpha value is -2.66. The molecule has 22 heavy (non-hydrogen) atoms. The number of para-hydroxylation sites is 3. The molecule has 1 aromatic heterocycles. The van der Waals surface area contributed by atoms with Gasteiger partial charge in [-0.15, -0.1) is 0 Å². The zero-order valence-corrected chi connectivity index (χ0v) is 12.5. The number of benzene rings is 2. The van der Waals surface area contributed by atoms with Crippen LogP contribution in [-0.2, 0) is 7.05 Å². The van der Waals surface area contributed by atoms with Gasteiger partial charge < -0.3 is 9.88 Å². The second-order valence-electron chi connectivity index (χ2n) is 4.75. The average Bonchev–Trinajstić information content (AvgIpc) is 2.53. The van der Waals surface area contributed by atoms with E-state index in [4.69, 9.17) is 11.6 Å². The van der Waals surface area contributed by atoms with Crippen LogP contribution in [0.5, 0.6) is 0 Å². The van der Waals surface area contributed by atoms with Crippen molar-refractivity contribution in [3.05, 3.63) is 69.6 Å². The number of rotatable bonds is 2. The van der Waals surface area contributed by atoms with Crippen LogP contribution in [0, 0.1) is 0 Å². The van der Waals surface area contributed by atoms with E-state index in [1.807, 2.05) is 6.07 Å². The molecule has 1 N–H and O–H groups in total. The maximum Gasteiger partial charge on any atom is 0.282 e. The van der Waals surface area contributed by atoms with E-state index >= 15 is 0 Å². The first-order chi connectivity index (χ1) is 10.6. The van der Waals surface area contributed by atoms with Crippen molar-refractivity contribution in [2.24, 2.45) is 7.05 Å². The van der Waals surface area contributed by atoms with E-state index < -0.39 is 11.5 Å². The van der Waals surface area contributed by atoms with E-state index in [0.29, 0.717) is 21.7 Å². The number of aryl methyl sites for hydroxylation is 1. The maximum atomic E-state index is 12.3. The Morgan fingerprint density at radius 1 is 1.14 bits per heavy atom. The lowest BCUT2D eigenvalue weighted by Crippen LogP contribution is -2.29. The summed E-state index contributed by atoms with van der Waals surface area (Å²) in [5.74, 6) is -0.584. The molecule has 0 aliphatic rings. The molecule has 0 spiro atoms. The Morgan fingerprint density at radius 2 is 1.82 bits per heavy atom. The van der Waals surface area contributed by atoms with E-state index in [1.165, 1.54) is 4.57 Å². The second kappa shape index (κ2) is 5.61. The first kappa shape index (κ1) is 14.3. The van der Waals surface area contributed by atoms with Crippen LogP contribution in [0.1, 0.15) is 10.5 Å². The quantitative estimate of drug-likeness (QED) is 0.791. The third kappa shape index (κ3) is 2.46. The van der Waals surface area contributed by atoms with Crippen molar-refractivity contribution in [1.82, 2.24) is 9.55 Å². The highest BCUT2D eigenvalue weighted by Gasteiger charge is 2.16. The molecule has 1 heterocycles. The molecule has 2 aromatic carbocycles. The minimum atomic E-state index is -0.584. The second-order valence-corrected chi connectivity index (χ2v) is 5.15. The molecule has 0 unspecified atom stereocenters. The Kier molecular flexibility index (Phi) is 3.65. The number of carbonyl (C=O) groups is 1. The number of carbonyl (C=O) groups excluding carboxylic acids is 1. The summed E-state index contributed by atoms with van der Waals surface area (Å²) in [6, 6.07) is 14.0. The van der Waals surface area contributed by atoms with Gasteiger partial charge in [0.2, 0.25) is 0 Å². The lowest BCUT2D eigenvalue weighted by Gasteiger charge is -2.09. The Labute approximate surface area is 131 Å². The zero-order chi connectivity index (χ0) is 15.7. The summed E-state index contributed by atoms with van der Waals surface area (Å²) < 4.78 is 1.41. The maximum absolute atomic E-state index is 12.3. The Balaban J connectivity index is 2.07. The predicted octanol–water partition coefficient (Wildman–Crippen LogP) is 2.84. The van der Waals surface area contributed by atoms with Gasteiger partial charge >= 0.3 is 0 Å². The van der Waals surface area contributed by atoms with E-state index in [0.717, 1.165) is 0 Å². The number of hydrogen-bond acceptors (Lipinski definition) is 3. The van der Waals surface area contributed by atoms with Crippen LogP contribution in [0.2, 0.25) is 5.02 Å². The summed E-state index contributed by atoms with van der Waals surface area (Å²) >= 11 is 6.00. The fraction of sp³-hybridized carbons (Fsp3) is 0.0625. The summed E-state index contributed by atoms with van der Waals surface area (Å²) in [6.45, 7) is 0. The van der Waals surface area contributed by atoms with Gasteiger partial charge in [0.05, 0.1) is 21.7 Å². The van der Waals surface area contributed by atoms with Crippen LogP contribution in [0.25, 0.3) is 11.0 Å². The third-order valence-electron chi connectivity index (χ3n) is 3.32. The molecule has 110 valence electrons. The standard InChI is InChI=1S/C16H12ClN3O2/c1-20-13-9-5-4-8-12(13)18-14(16(20)22)15(21)19-11-7-3-2-6-10(11)17/h2-9H,1H3,(H,19,21). The summed E-state index contributed by atoms with van der Waals surface area (Å²) in [7, 11) is 1.61. The molecule has 0 radical (unpaired) electrons. The average molecular weight is 314 g/mol. The number of hydrogen-bond donors (Lipinski definition) is 1. The molecule has 0 fully saturated rings. The number of aromatic nitrogens is 2. The lowest BCUT2D eigenvalue weighted by molar-refractivity contribution is 0.102. The number of fused-ring (bicyclic) bond motifs is 1. The Bertz CT molecular complexity index is 934. The number of anilines is 1. The fourth-order valence-corrected chi connectivity index (χ4v) is 2.35.